The second-order valence-corrected chi connectivity index (χ2v) is 4.20. The molecule has 1 aromatic rings. The number of nitrogens with two attached hydrogens (primary N) is 1. The lowest BCUT2D eigenvalue weighted by Gasteiger charge is -2.25. The molecule has 1 aromatic heterocycles. The van der Waals surface area contributed by atoms with Crippen LogP contribution < -0.4 is 11.1 Å². The van der Waals surface area contributed by atoms with Crippen LogP contribution >= 0.6 is 24.0 Å². The van der Waals surface area contributed by atoms with Crippen LogP contribution in [0, 0.1) is 5.92 Å². The Balaban J connectivity index is 0.00000144. The van der Waals surface area contributed by atoms with Gasteiger partial charge in [-0.25, -0.2) is 4.99 Å². The standard InChI is InChI=1S/C10H18N6.HI/c1-16-14-7-9(15-16)6-13-10(11)12-5-8-3-2-4-8;/h7-8H,2-6H2,1H3,(H3,11,12,13);1H. The van der Waals surface area contributed by atoms with Crippen molar-refractivity contribution in [2.24, 2.45) is 23.7 Å². The first-order valence-electron chi connectivity index (χ1n) is 5.63. The molecule has 0 saturated heterocycles. The number of hydrogen-bond acceptors (Lipinski definition) is 3. The summed E-state index contributed by atoms with van der Waals surface area (Å²) in [6.45, 7) is 1.42. The van der Waals surface area contributed by atoms with Crippen molar-refractivity contribution in [2.45, 2.75) is 25.8 Å². The summed E-state index contributed by atoms with van der Waals surface area (Å²) in [5.41, 5.74) is 6.57. The largest absolute Gasteiger partial charge is 0.370 e. The Morgan fingerprint density at radius 3 is 2.94 bits per heavy atom. The molecule has 2 rings (SSSR count). The number of rotatable bonds is 4. The van der Waals surface area contributed by atoms with Crippen molar-refractivity contribution in [3.8, 4) is 0 Å². The maximum Gasteiger partial charge on any atom is 0.188 e. The highest BCUT2D eigenvalue weighted by Gasteiger charge is 2.16. The topological polar surface area (TPSA) is 81.1 Å². The van der Waals surface area contributed by atoms with Crippen molar-refractivity contribution in [2.75, 3.05) is 6.54 Å². The van der Waals surface area contributed by atoms with Crippen LogP contribution in [0.25, 0.3) is 0 Å². The van der Waals surface area contributed by atoms with Gasteiger partial charge in [0.1, 0.15) is 5.69 Å². The second-order valence-electron chi connectivity index (χ2n) is 4.20. The van der Waals surface area contributed by atoms with Gasteiger partial charge in [-0.05, 0) is 18.8 Å². The van der Waals surface area contributed by atoms with E-state index in [1.165, 1.54) is 24.1 Å². The van der Waals surface area contributed by atoms with Gasteiger partial charge in [-0.1, -0.05) is 6.42 Å². The SMILES string of the molecule is Cn1ncc(CN=C(N)NCC2CCC2)n1.I. The zero-order valence-electron chi connectivity index (χ0n) is 9.96. The Morgan fingerprint density at radius 1 is 1.65 bits per heavy atom. The highest BCUT2D eigenvalue weighted by molar-refractivity contribution is 14.0. The quantitative estimate of drug-likeness (QED) is 0.474. The predicted molar refractivity (Wildman–Crippen MR) is 77.1 cm³/mol. The smallest absolute Gasteiger partial charge is 0.188 e. The van der Waals surface area contributed by atoms with Gasteiger partial charge >= 0.3 is 0 Å². The molecular weight excluding hydrogens is 331 g/mol. The van der Waals surface area contributed by atoms with Gasteiger partial charge in [0.25, 0.3) is 0 Å². The molecule has 0 spiro atoms. The minimum Gasteiger partial charge on any atom is -0.370 e. The number of nitrogens with zero attached hydrogens (tertiary/aromatic N) is 4. The summed E-state index contributed by atoms with van der Waals surface area (Å²) in [5.74, 6) is 1.28. The van der Waals surface area contributed by atoms with Crippen molar-refractivity contribution in [3.63, 3.8) is 0 Å². The molecule has 96 valence electrons. The van der Waals surface area contributed by atoms with Crippen LogP contribution in [-0.2, 0) is 13.6 Å². The molecule has 1 fully saturated rings. The summed E-state index contributed by atoms with van der Waals surface area (Å²) in [7, 11) is 1.78. The Kier molecular flexibility index (Phi) is 5.66. The lowest BCUT2D eigenvalue weighted by molar-refractivity contribution is 0.315. The highest BCUT2D eigenvalue weighted by Crippen LogP contribution is 2.24. The number of nitrogens with one attached hydrogen (secondary N) is 1. The first-order chi connectivity index (χ1) is 7.74. The monoisotopic (exact) mass is 350 g/mol. The van der Waals surface area contributed by atoms with E-state index >= 15 is 0 Å². The summed E-state index contributed by atoms with van der Waals surface area (Å²) in [5, 5.41) is 11.2. The molecule has 0 unspecified atom stereocenters. The minimum absolute atomic E-state index is 0. The second kappa shape index (κ2) is 6.77. The summed E-state index contributed by atoms with van der Waals surface area (Å²) < 4.78 is 0. The molecule has 7 heteroatoms. The Hall–Kier alpha value is -0.860. The van der Waals surface area contributed by atoms with Gasteiger partial charge in [0.05, 0.1) is 12.7 Å². The van der Waals surface area contributed by atoms with Gasteiger partial charge in [0.2, 0.25) is 0 Å². The lowest BCUT2D eigenvalue weighted by Crippen LogP contribution is -2.37. The maximum absolute atomic E-state index is 5.74. The van der Waals surface area contributed by atoms with E-state index in [1.807, 2.05) is 0 Å². The van der Waals surface area contributed by atoms with Gasteiger partial charge in [-0.2, -0.15) is 15.0 Å². The molecule has 0 amide bonds. The van der Waals surface area contributed by atoms with E-state index < -0.39 is 0 Å². The van der Waals surface area contributed by atoms with E-state index in [2.05, 4.69) is 20.5 Å². The third-order valence-electron chi connectivity index (χ3n) is 2.86. The van der Waals surface area contributed by atoms with Crippen molar-refractivity contribution < 1.29 is 0 Å². The van der Waals surface area contributed by atoms with Crippen LogP contribution in [0.3, 0.4) is 0 Å². The molecule has 3 N–H and O–H groups in total. The maximum atomic E-state index is 5.74. The van der Waals surface area contributed by atoms with Crippen LogP contribution in [-0.4, -0.2) is 27.5 Å². The van der Waals surface area contributed by atoms with Crippen LogP contribution in [0.15, 0.2) is 11.2 Å². The van der Waals surface area contributed by atoms with Crippen molar-refractivity contribution in [3.05, 3.63) is 11.9 Å². The first kappa shape index (κ1) is 14.2. The van der Waals surface area contributed by atoms with Gasteiger partial charge < -0.3 is 11.1 Å². The average Bonchev–Trinajstić information content (AvgIpc) is 2.59. The summed E-state index contributed by atoms with van der Waals surface area (Å²) in [6.07, 6.45) is 5.67. The van der Waals surface area contributed by atoms with Crippen LogP contribution in [0.1, 0.15) is 25.0 Å². The van der Waals surface area contributed by atoms with Crippen LogP contribution in [0.4, 0.5) is 0 Å². The molecule has 1 aliphatic carbocycles. The third-order valence-corrected chi connectivity index (χ3v) is 2.86. The number of guanidine groups is 1. The fourth-order valence-electron chi connectivity index (χ4n) is 1.63. The molecule has 1 saturated carbocycles. The van der Waals surface area contributed by atoms with Gasteiger partial charge in [0.15, 0.2) is 5.96 Å². The highest BCUT2D eigenvalue weighted by atomic mass is 127. The molecule has 0 aliphatic heterocycles. The van der Waals surface area contributed by atoms with Crippen molar-refractivity contribution in [1.82, 2.24) is 20.3 Å². The van der Waals surface area contributed by atoms with E-state index in [1.54, 1.807) is 13.2 Å². The number of halogens is 1. The summed E-state index contributed by atoms with van der Waals surface area (Å²) in [6, 6.07) is 0. The Labute approximate surface area is 118 Å². The van der Waals surface area contributed by atoms with Gasteiger partial charge in [-0.3, -0.25) is 0 Å². The van der Waals surface area contributed by atoms with Crippen molar-refractivity contribution in [1.29, 1.82) is 0 Å². The fraction of sp³-hybridized carbons (Fsp3) is 0.700. The Morgan fingerprint density at radius 2 is 2.41 bits per heavy atom. The summed E-state index contributed by atoms with van der Waals surface area (Å²) >= 11 is 0. The zero-order valence-corrected chi connectivity index (χ0v) is 12.3. The normalized spacial score (nSPS) is 16.2. The predicted octanol–water partition coefficient (Wildman–Crippen LogP) is 0.637. The minimum atomic E-state index is 0. The summed E-state index contributed by atoms with van der Waals surface area (Å²) in [4.78, 5) is 5.72. The third kappa shape index (κ3) is 4.49. The molecule has 6 nitrogen and oxygen atoms in total. The van der Waals surface area contributed by atoms with E-state index in [0.29, 0.717) is 12.5 Å². The number of aryl methyl sites for hydroxylation is 1. The number of aliphatic imine (C=N–C) groups is 1. The molecule has 1 aliphatic rings. The lowest BCUT2D eigenvalue weighted by atomic mass is 9.85. The van der Waals surface area contributed by atoms with Crippen LogP contribution in [0.5, 0.6) is 0 Å². The Bertz CT molecular complexity index is 371. The number of hydrogen-bond donors (Lipinski definition) is 2. The van der Waals surface area contributed by atoms with E-state index in [-0.39, 0.29) is 24.0 Å². The molecule has 17 heavy (non-hydrogen) atoms. The molecular formula is C10H19IN6. The van der Waals surface area contributed by atoms with E-state index in [0.717, 1.165) is 18.2 Å². The average molecular weight is 350 g/mol. The van der Waals surface area contributed by atoms with Crippen molar-refractivity contribution >= 4 is 29.9 Å². The number of aromatic nitrogens is 3. The fourth-order valence-corrected chi connectivity index (χ4v) is 1.63. The molecule has 0 atom stereocenters. The van der Waals surface area contributed by atoms with E-state index in [4.69, 9.17) is 5.73 Å². The molecule has 1 heterocycles. The zero-order chi connectivity index (χ0) is 11.4. The van der Waals surface area contributed by atoms with E-state index in [9.17, 15) is 0 Å². The molecule has 0 radical (unpaired) electrons. The first-order valence-corrected chi connectivity index (χ1v) is 5.63. The molecule has 0 bridgehead atoms. The van der Waals surface area contributed by atoms with Gasteiger partial charge in [-0.15, -0.1) is 24.0 Å². The van der Waals surface area contributed by atoms with Crippen LogP contribution in [0.2, 0.25) is 0 Å². The van der Waals surface area contributed by atoms with Gasteiger partial charge in [0, 0.05) is 13.6 Å². The molecule has 0 aromatic carbocycles.